The predicted molar refractivity (Wildman–Crippen MR) is 136 cm³/mol. The van der Waals surface area contributed by atoms with Crippen molar-refractivity contribution in [1.29, 1.82) is 0 Å². The Morgan fingerprint density at radius 1 is 0.944 bits per heavy atom. The van der Waals surface area contributed by atoms with E-state index in [1.165, 1.54) is 30.9 Å². The number of fused-ring (bicyclic) bond motifs is 3. The summed E-state index contributed by atoms with van der Waals surface area (Å²) in [5.74, 6) is -2.16. The Balaban J connectivity index is 1.73. The molecule has 0 spiro atoms. The standard InChI is InChI=1S/C27H34N4O5/c1-16(2)24(25(33)29-22(14-23(28)32)26(34)30(3)4)31(5)27(35)36-15-21-19-12-8-6-10-17(19)18-11-7-9-13-20(18)21/h6-13,16,21-22,24H,14-15H2,1-5H3,(H2,28,32)(H,29,33)/t22-,24-/m0/s1. The first-order chi connectivity index (χ1) is 17.0. The van der Waals surface area contributed by atoms with Crippen LogP contribution >= 0.6 is 0 Å². The number of nitrogens with zero attached hydrogens (tertiary/aromatic N) is 2. The van der Waals surface area contributed by atoms with E-state index in [9.17, 15) is 19.2 Å². The van der Waals surface area contributed by atoms with E-state index in [4.69, 9.17) is 10.5 Å². The number of primary amides is 1. The molecule has 1 aliphatic rings. The summed E-state index contributed by atoms with van der Waals surface area (Å²) in [6.07, 6.45) is -1.00. The quantitative estimate of drug-likeness (QED) is 0.554. The van der Waals surface area contributed by atoms with E-state index in [1.807, 2.05) is 36.4 Å². The van der Waals surface area contributed by atoms with Crippen LogP contribution in [0, 0.1) is 5.92 Å². The van der Waals surface area contributed by atoms with Gasteiger partial charge in [-0.1, -0.05) is 62.4 Å². The zero-order valence-electron chi connectivity index (χ0n) is 21.4. The van der Waals surface area contributed by atoms with E-state index in [-0.39, 0.29) is 24.9 Å². The Morgan fingerprint density at radius 2 is 1.47 bits per heavy atom. The molecule has 2 aromatic rings. The third kappa shape index (κ3) is 5.67. The maximum atomic E-state index is 13.2. The number of hydrogen-bond donors (Lipinski definition) is 2. The van der Waals surface area contributed by atoms with Crippen molar-refractivity contribution in [3.8, 4) is 11.1 Å². The van der Waals surface area contributed by atoms with Crippen molar-refractivity contribution in [2.24, 2.45) is 11.7 Å². The zero-order chi connectivity index (χ0) is 26.6. The van der Waals surface area contributed by atoms with Crippen LogP contribution in [0.5, 0.6) is 0 Å². The maximum absolute atomic E-state index is 13.2. The third-order valence-corrected chi connectivity index (χ3v) is 6.40. The van der Waals surface area contributed by atoms with Crippen LogP contribution in [0.3, 0.4) is 0 Å². The summed E-state index contributed by atoms with van der Waals surface area (Å²) in [4.78, 5) is 52.6. The van der Waals surface area contributed by atoms with Crippen molar-refractivity contribution in [3.63, 3.8) is 0 Å². The molecular formula is C27H34N4O5. The van der Waals surface area contributed by atoms with Gasteiger partial charge in [-0.3, -0.25) is 19.3 Å². The summed E-state index contributed by atoms with van der Waals surface area (Å²) in [5, 5.41) is 2.59. The van der Waals surface area contributed by atoms with Crippen LogP contribution < -0.4 is 11.1 Å². The minimum Gasteiger partial charge on any atom is -0.448 e. The number of carbonyl (C=O) groups is 4. The van der Waals surface area contributed by atoms with Crippen molar-refractivity contribution in [3.05, 3.63) is 59.7 Å². The second kappa shape index (κ2) is 11.2. The Hall–Kier alpha value is -3.88. The average Bonchev–Trinajstić information content (AvgIpc) is 3.14. The molecule has 2 aromatic carbocycles. The van der Waals surface area contributed by atoms with Crippen molar-refractivity contribution in [2.75, 3.05) is 27.7 Å². The van der Waals surface area contributed by atoms with Gasteiger partial charge in [-0.25, -0.2) is 4.79 Å². The summed E-state index contributed by atoms with van der Waals surface area (Å²) in [6, 6.07) is 14.0. The largest absolute Gasteiger partial charge is 0.448 e. The van der Waals surface area contributed by atoms with E-state index in [1.54, 1.807) is 13.8 Å². The monoisotopic (exact) mass is 494 g/mol. The molecule has 0 bridgehead atoms. The molecule has 0 fully saturated rings. The van der Waals surface area contributed by atoms with Gasteiger partial charge >= 0.3 is 6.09 Å². The number of nitrogens with two attached hydrogens (primary N) is 1. The Labute approximate surface area is 211 Å². The molecule has 0 saturated carbocycles. The van der Waals surface area contributed by atoms with Crippen molar-refractivity contribution < 1.29 is 23.9 Å². The lowest BCUT2D eigenvalue weighted by atomic mass is 9.98. The first-order valence-electron chi connectivity index (χ1n) is 11.9. The number of nitrogens with one attached hydrogen (secondary N) is 1. The van der Waals surface area contributed by atoms with E-state index in [0.717, 1.165) is 22.3 Å². The summed E-state index contributed by atoms with van der Waals surface area (Å²) < 4.78 is 5.70. The number of amides is 4. The Bertz CT molecular complexity index is 1100. The molecule has 0 radical (unpaired) electrons. The van der Waals surface area contributed by atoms with Crippen molar-refractivity contribution in [1.82, 2.24) is 15.1 Å². The van der Waals surface area contributed by atoms with E-state index in [2.05, 4.69) is 17.4 Å². The van der Waals surface area contributed by atoms with Gasteiger partial charge in [0.25, 0.3) is 0 Å². The predicted octanol–water partition coefficient (Wildman–Crippen LogP) is 2.34. The summed E-state index contributed by atoms with van der Waals surface area (Å²) in [6.45, 7) is 3.69. The summed E-state index contributed by atoms with van der Waals surface area (Å²) in [7, 11) is 4.52. The van der Waals surface area contributed by atoms with Crippen LogP contribution in [-0.4, -0.2) is 73.4 Å². The minimum atomic E-state index is -1.12. The lowest BCUT2D eigenvalue weighted by Crippen LogP contribution is -2.56. The topological polar surface area (TPSA) is 122 Å². The van der Waals surface area contributed by atoms with E-state index in [0.29, 0.717) is 0 Å². The fourth-order valence-corrected chi connectivity index (χ4v) is 4.71. The molecule has 3 N–H and O–H groups in total. The highest BCUT2D eigenvalue weighted by atomic mass is 16.6. The minimum absolute atomic E-state index is 0.112. The van der Waals surface area contributed by atoms with Crippen LogP contribution in [0.4, 0.5) is 4.79 Å². The molecule has 9 nitrogen and oxygen atoms in total. The number of rotatable bonds is 9. The van der Waals surface area contributed by atoms with Gasteiger partial charge < -0.3 is 20.7 Å². The molecule has 36 heavy (non-hydrogen) atoms. The van der Waals surface area contributed by atoms with Gasteiger partial charge in [-0.15, -0.1) is 0 Å². The number of likely N-dealkylation sites (N-methyl/N-ethyl adjacent to an activating group) is 2. The molecule has 2 atom stereocenters. The SMILES string of the molecule is CC(C)[C@@H](C(=O)N[C@@H](CC(N)=O)C(=O)N(C)C)N(C)C(=O)OCC1c2ccccc2-c2ccccc21. The number of hydrogen-bond acceptors (Lipinski definition) is 5. The fourth-order valence-electron chi connectivity index (χ4n) is 4.71. The lowest BCUT2D eigenvalue weighted by molar-refractivity contribution is -0.137. The number of ether oxygens (including phenoxy) is 1. The fraction of sp³-hybridized carbons (Fsp3) is 0.407. The normalized spacial score (nSPS) is 13.8. The molecule has 1 aliphatic carbocycles. The van der Waals surface area contributed by atoms with Crippen LogP contribution in [0.2, 0.25) is 0 Å². The van der Waals surface area contributed by atoms with Crippen LogP contribution in [0.25, 0.3) is 11.1 Å². The van der Waals surface area contributed by atoms with Gasteiger partial charge in [0.15, 0.2) is 0 Å². The molecule has 0 unspecified atom stereocenters. The molecule has 192 valence electrons. The highest BCUT2D eigenvalue weighted by molar-refractivity contribution is 5.94. The van der Waals surface area contributed by atoms with Gasteiger partial charge in [0.2, 0.25) is 17.7 Å². The van der Waals surface area contributed by atoms with E-state index >= 15 is 0 Å². The summed E-state index contributed by atoms with van der Waals surface area (Å²) >= 11 is 0. The molecule has 4 amide bonds. The average molecular weight is 495 g/mol. The number of carbonyl (C=O) groups excluding carboxylic acids is 4. The van der Waals surface area contributed by atoms with Gasteiger partial charge in [-0.2, -0.15) is 0 Å². The van der Waals surface area contributed by atoms with Crippen LogP contribution in [-0.2, 0) is 19.1 Å². The first-order valence-corrected chi connectivity index (χ1v) is 11.9. The molecule has 0 saturated heterocycles. The molecule has 0 aliphatic heterocycles. The van der Waals surface area contributed by atoms with Crippen LogP contribution in [0.1, 0.15) is 37.3 Å². The first kappa shape index (κ1) is 26.7. The van der Waals surface area contributed by atoms with Gasteiger partial charge in [0.05, 0.1) is 6.42 Å². The molecule has 3 rings (SSSR count). The van der Waals surface area contributed by atoms with E-state index < -0.39 is 35.9 Å². The maximum Gasteiger partial charge on any atom is 0.410 e. The van der Waals surface area contributed by atoms with Gasteiger partial charge in [0.1, 0.15) is 18.7 Å². The van der Waals surface area contributed by atoms with Crippen LogP contribution in [0.15, 0.2) is 48.5 Å². The molecule has 9 heteroatoms. The number of benzene rings is 2. The lowest BCUT2D eigenvalue weighted by Gasteiger charge is -2.31. The molecule has 0 heterocycles. The Morgan fingerprint density at radius 3 is 1.94 bits per heavy atom. The summed E-state index contributed by atoms with van der Waals surface area (Å²) in [5.41, 5.74) is 9.68. The second-order valence-corrected chi connectivity index (χ2v) is 9.57. The third-order valence-electron chi connectivity index (χ3n) is 6.40. The Kier molecular flexibility index (Phi) is 8.34. The van der Waals surface area contributed by atoms with Gasteiger partial charge in [0, 0.05) is 27.1 Å². The molecular weight excluding hydrogens is 460 g/mol. The highest BCUT2D eigenvalue weighted by Gasteiger charge is 2.35. The van der Waals surface area contributed by atoms with Gasteiger partial charge in [-0.05, 0) is 28.2 Å². The highest BCUT2D eigenvalue weighted by Crippen LogP contribution is 2.44. The van der Waals surface area contributed by atoms with Crippen molar-refractivity contribution in [2.45, 2.75) is 38.3 Å². The van der Waals surface area contributed by atoms with Crippen molar-refractivity contribution >= 4 is 23.8 Å². The molecule has 0 aromatic heterocycles. The zero-order valence-corrected chi connectivity index (χ0v) is 21.4. The second-order valence-electron chi connectivity index (χ2n) is 9.57. The smallest absolute Gasteiger partial charge is 0.410 e.